The molecular weight excluding hydrogens is 713 g/mol. The zero-order valence-corrected chi connectivity index (χ0v) is 28.4. The van der Waals surface area contributed by atoms with Crippen LogP contribution in [0.3, 0.4) is 0 Å². The van der Waals surface area contributed by atoms with Gasteiger partial charge in [0.1, 0.15) is 18.1 Å². The van der Waals surface area contributed by atoms with Gasteiger partial charge in [-0.2, -0.15) is 0 Å². The third kappa shape index (κ3) is 6.83. The fourth-order valence-corrected chi connectivity index (χ4v) is 6.87. The number of rotatable bonds is 8. The summed E-state index contributed by atoms with van der Waals surface area (Å²) >= 11 is 3.33. The third-order valence-corrected chi connectivity index (χ3v) is 9.46. The number of carbonyl (C=O) groups excluding carboxylic acids is 5. The van der Waals surface area contributed by atoms with Crippen LogP contribution >= 0.6 is 15.9 Å². The number of fused-ring (bicyclic) bond motifs is 2. The van der Waals surface area contributed by atoms with Gasteiger partial charge in [0.05, 0.1) is 23.8 Å². The van der Waals surface area contributed by atoms with Gasteiger partial charge in [0, 0.05) is 59.7 Å². The number of aldehydes is 1. The van der Waals surface area contributed by atoms with E-state index in [9.17, 15) is 33.2 Å². The lowest BCUT2D eigenvalue weighted by Gasteiger charge is -2.29. The van der Waals surface area contributed by atoms with Crippen LogP contribution in [0.15, 0.2) is 71.5 Å². The van der Waals surface area contributed by atoms with Gasteiger partial charge in [0.15, 0.2) is 0 Å². The van der Waals surface area contributed by atoms with Gasteiger partial charge in [-0.1, -0.05) is 22.0 Å². The van der Waals surface area contributed by atoms with Crippen LogP contribution in [-0.2, 0) is 39.3 Å². The van der Waals surface area contributed by atoms with Gasteiger partial charge in [0.25, 0.3) is 11.8 Å². The highest BCUT2D eigenvalue weighted by Crippen LogP contribution is 2.35. The van der Waals surface area contributed by atoms with Crippen molar-refractivity contribution in [2.45, 2.75) is 50.9 Å². The minimum absolute atomic E-state index is 0.132. The largest absolute Gasteiger partial charge is 0.481 e. The summed E-state index contributed by atoms with van der Waals surface area (Å²) in [5.74, 6) is -2.45. The molecule has 4 heterocycles. The molecule has 1 fully saturated rings. The van der Waals surface area contributed by atoms with Crippen LogP contribution in [0, 0.1) is 5.82 Å². The molecule has 1 aromatic heterocycles. The number of aliphatic carboxylic acids is 1. The van der Waals surface area contributed by atoms with E-state index in [1.54, 1.807) is 36.7 Å². The molecular formula is C36H31BrFN5O7. The van der Waals surface area contributed by atoms with Crippen molar-refractivity contribution < 1.29 is 38.3 Å². The van der Waals surface area contributed by atoms with Crippen molar-refractivity contribution in [3.63, 3.8) is 0 Å². The molecule has 0 saturated carbocycles. The van der Waals surface area contributed by atoms with Crippen molar-refractivity contribution in [2.75, 3.05) is 0 Å². The molecule has 3 aliphatic rings. The Morgan fingerprint density at radius 3 is 2.38 bits per heavy atom. The van der Waals surface area contributed by atoms with Crippen LogP contribution in [0.4, 0.5) is 4.39 Å². The number of hydrogen-bond donors (Lipinski definition) is 2. The minimum atomic E-state index is -0.973. The van der Waals surface area contributed by atoms with E-state index in [1.165, 1.54) is 21.9 Å². The first-order valence-corrected chi connectivity index (χ1v) is 16.6. The number of carbonyl (C=O) groups is 6. The Bertz CT molecular complexity index is 2050. The second-order valence-corrected chi connectivity index (χ2v) is 13.1. The van der Waals surface area contributed by atoms with E-state index in [1.807, 2.05) is 29.8 Å². The molecule has 4 aromatic rings. The molecule has 1 saturated heterocycles. The number of carboxylic acids is 1. The summed E-state index contributed by atoms with van der Waals surface area (Å²) in [5, 5.41) is 11.0. The Balaban J connectivity index is 0.000000195. The highest BCUT2D eigenvalue weighted by molar-refractivity contribution is 9.10. The maximum Gasteiger partial charge on any atom is 0.303 e. The van der Waals surface area contributed by atoms with E-state index in [-0.39, 0.29) is 42.8 Å². The van der Waals surface area contributed by atoms with Gasteiger partial charge in [-0.05, 0) is 78.6 Å². The first-order valence-electron chi connectivity index (χ1n) is 15.8. The molecule has 7 rings (SSSR count). The predicted octanol–water partition coefficient (Wildman–Crippen LogP) is 4.49. The number of amides is 4. The van der Waals surface area contributed by atoms with Gasteiger partial charge in [-0.15, -0.1) is 0 Å². The normalized spacial score (nSPS) is 17.1. The number of hydrogen-bond acceptors (Lipinski definition) is 7. The van der Waals surface area contributed by atoms with Crippen molar-refractivity contribution in [1.29, 1.82) is 0 Å². The van der Waals surface area contributed by atoms with Crippen LogP contribution < -0.4 is 5.32 Å². The third-order valence-electron chi connectivity index (χ3n) is 8.96. The van der Waals surface area contributed by atoms with E-state index >= 15 is 0 Å². The summed E-state index contributed by atoms with van der Waals surface area (Å²) in [6.45, 7) is 0.642. The van der Waals surface area contributed by atoms with Crippen LogP contribution in [0.25, 0.3) is 22.5 Å². The highest BCUT2D eigenvalue weighted by Gasteiger charge is 2.39. The van der Waals surface area contributed by atoms with Crippen LogP contribution in [-0.4, -0.2) is 72.4 Å². The molecule has 256 valence electrons. The van der Waals surface area contributed by atoms with Crippen molar-refractivity contribution >= 4 is 51.8 Å². The van der Waals surface area contributed by atoms with Gasteiger partial charge >= 0.3 is 5.97 Å². The molecule has 0 spiro atoms. The molecule has 50 heavy (non-hydrogen) atoms. The number of nitrogens with zero attached hydrogens (tertiary/aromatic N) is 4. The number of carboxylic acid groups (broad SMARTS) is 1. The molecule has 1 unspecified atom stereocenters. The molecule has 14 heteroatoms. The van der Waals surface area contributed by atoms with Crippen molar-refractivity contribution in [1.82, 2.24) is 24.7 Å². The lowest BCUT2D eigenvalue weighted by Crippen LogP contribution is -2.52. The van der Waals surface area contributed by atoms with Gasteiger partial charge in [-0.3, -0.25) is 29.3 Å². The van der Waals surface area contributed by atoms with E-state index in [0.717, 1.165) is 38.1 Å². The molecule has 0 bridgehead atoms. The smallest absolute Gasteiger partial charge is 0.303 e. The molecule has 2 atom stereocenters. The zero-order chi connectivity index (χ0) is 35.7. The Morgan fingerprint density at radius 2 is 1.68 bits per heavy atom. The first kappa shape index (κ1) is 34.4. The summed E-state index contributed by atoms with van der Waals surface area (Å²) in [7, 11) is 1.87. The van der Waals surface area contributed by atoms with Gasteiger partial charge in [0.2, 0.25) is 11.8 Å². The zero-order valence-electron chi connectivity index (χ0n) is 26.8. The summed E-state index contributed by atoms with van der Waals surface area (Å²) in [5.41, 5.74) is 6.01. The predicted molar refractivity (Wildman–Crippen MR) is 181 cm³/mol. The molecule has 3 aliphatic heterocycles. The molecule has 12 nitrogen and oxygen atoms in total. The second-order valence-electron chi connectivity index (χ2n) is 12.2. The van der Waals surface area contributed by atoms with Gasteiger partial charge < -0.3 is 24.3 Å². The summed E-state index contributed by atoms with van der Waals surface area (Å²) in [4.78, 5) is 77.8. The van der Waals surface area contributed by atoms with E-state index in [0.29, 0.717) is 36.9 Å². The molecule has 0 radical (unpaired) electrons. The monoisotopic (exact) mass is 743 g/mol. The van der Waals surface area contributed by atoms with Crippen molar-refractivity contribution in [3.05, 3.63) is 99.5 Å². The van der Waals surface area contributed by atoms with E-state index < -0.39 is 24.0 Å². The summed E-state index contributed by atoms with van der Waals surface area (Å²) < 4.78 is 16.1. The lowest BCUT2D eigenvalue weighted by atomic mass is 10.0. The fraction of sp³-hybridized carbons (Fsp3) is 0.250. The average Bonchev–Trinajstić information content (AvgIpc) is 3.74. The van der Waals surface area contributed by atoms with E-state index in [2.05, 4.69) is 26.2 Å². The lowest BCUT2D eigenvalue weighted by molar-refractivity contribution is -0.138. The minimum Gasteiger partial charge on any atom is -0.481 e. The SMILES string of the molecule is Cn1cnc(-c2ccc3c(c2)CN([C@@H]2CCC(=O)NC2=O)C3=O)c1-c1ccc(F)cc1.O=CC(CCC(=O)O)N1Cc2cc(Br)ccc2C1=O. The number of benzene rings is 3. The quantitative estimate of drug-likeness (QED) is 0.197. The molecule has 4 amide bonds. The number of imide groups is 1. The van der Waals surface area contributed by atoms with Crippen molar-refractivity contribution in [2.24, 2.45) is 7.05 Å². The number of piperidine rings is 1. The number of imidazole rings is 1. The average molecular weight is 745 g/mol. The number of halogens is 2. The standard InChI is InChI=1S/C23H19FN4O3.C13H12BrNO4/c1-27-12-25-20(21(27)13-2-5-16(24)6-3-13)14-4-7-17-15(10-14)11-28(23(17)31)18-8-9-19(29)26-22(18)30;14-9-1-3-11-8(5-9)6-15(13(11)19)10(7-16)2-4-12(17)18/h2-7,10,12,18H,8-9,11H2,1H3,(H,26,29,30);1,3,5,7,10H,2,4,6H2,(H,17,18)/t18-;/m1./s1. The topological polar surface area (TPSA) is 159 Å². The number of aryl methyl sites for hydroxylation is 1. The van der Waals surface area contributed by atoms with Crippen LogP contribution in [0.2, 0.25) is 0 Å². The summed E-state index contributed by atoms with van der Waals surface area (Å²) in [6, 6.07) is 15.7. The number of nitrogens with one attached hydrogen (secondary N) is 1. The second kappa shape index (κ2) is 14.2. The molecule has 2 N–H and O–H groups in total. The number of aromatic nitrogens is 2. The Labute approximate surface area is 294 Å². The van der Waals surface area contributed by atoms with Crippen LogP contribution in [0.5, 0.6) is 0 Å². The summed E-state index contributed by atoms with van der Waals surface area (Å²) in [6.07, 6.45) is 2.89. The Morgan fingerprint density at radius 1 is 1.00 bits per heavy atom. The maximum atomic E-state index is 13.4. The first-order chi connectivity index (χ1) is 23.9. The van der Waals surface area contributed by atoms with Gasteiger partial charge in [-0.25, -0.2) is 9.37 Å². The Hall–Kier alpha value is -5.50. The fourth-order valence-electron chi connectivity index (χ4n) is 6.46. The van der Waals surface area contributed by atoms with E-state index in [4.69, 9.17) is 5.11 Å². The molecule has 3 aromatic carbocycles. The van der Waals surface area contributed by atoms with Crippen molar-refractivity contribution in [3.8, 4) is 22.5 Å². The van der Waals surface area contributed by atoms with Crippen LogP contribution in [0.1, 0.15) is 57.5 Å². The molecule has 0 aliphatic carbocycles. The highest BCUT2D eigenvalue weighted by atomic mass is 79.9. The Kier molecular flexibility index (Phi) is 9.73. The maximum absolute atomic E-state index is 13.4.